The summed E-state index contributed by atoms with van der Waals surface area (Å²) >= 11 is 0. The van der Waals surface area contributed by atoms with E-state index in [0.29, 0.717) is 42.0 Å². The first kappa shape index (κ1) is 17.6. The van der Waals surface area contributed by atoms with Crippen LogP contribution in [0.5, 0.6) is 0 Å². The number of aromatic amines is 1. The smallest absolute Gasteiger partial charge is 0.258 e. The Kier molecular flexibility index (Phi) is 5.51. The van der Waals surface area contributed by atoms with E-state index in [0.717, 1.165) is 12.8 Å². The lowest BCUT2D eigenvalue weighted by Gasteiger charge is -2.33. The van der Waals surface area contributed by atoms with Gasteiger partial charge in [-0.2, -0.15) is 0 Å². The lowest BCUT2D eigenvalue weighted by atomic mass is 10.1. The number of nitrogens with zero attached hydrogens (tertiary/aromatic N) is 2. The molecule has 2 aromatic rings. The Labute approximate surface area is 148 Å². The number of aryl methyl sites for hydroxylation is 1. The quantitative estimate of drug-likeness (QED) is 0.875. The number of hydrogen-bond acceptors (Lipinski definition) is 3. The molecular weight excluding hydrogens is 314 g/mol. The first-order valence-electron chi connectivity index (χ1n) is 9.35. The normalized spacial score (nSPS) is 15.2. The Morgan fingerprint density at radius 2 is 2.00 bits per heavy atom. The van der Waals surface area contributed by atoms with Gasteiger partial charge in [0.1, 0.15) is 5.82 Å². The fraction of sp³-hybridized carbons (Fsp3) is 0.550. The predicted octanol–water partition coefficient (Wildman–Crippen LogP) is 3.43. The van der Waals surface area contributed by atoms with Crippen molar-refractivity contribution >= 4 is 16.8 Å². The van der Waals surface area contributed by atoms with Crippen LogP contribution in [0.3, 0.4) is 0 Å². The van der Waals surface area contributed by atoms with E-state index >= 15 is 0 Å². The highest BCUT2D eigenvalue weighted by molar-refractivity contribution is 5.77. The maximum atomic E-state index is 12.7. The van der Waals surface area contributed by atoms with Crippen LogP contribution in [0.4, 0.5) is 0 Å². The minimum absolute atomic E-state index is 0.110. The second-order valence-corrected chi connectivity index (χ2v) is 7.22. The van der Waals surface area contributed by atoms with Crippen LogP contribution in [-0.4, -0.2) is 32.9 Å². The number of para-hydroxylation sites is 1. The average molecular weight is 341 g/mol. The van der Waals surface area contributed by atoms with Crippen molar-refractivity contribution in [2.24, 2.45) is 0 Å². The van der Waals surface area contributed by atoms with Crippen LogP contribution in [-0.2, 0) is 11.2 Å². The minimum atomic E-state index is -0.110. The van der Waals surface area contributed by atoms with Gasteiger partial charge in [0.05, 0.1) is 10.9 Å². The van der Waals surface area contributed by atoms with E-state index in [4.69, 9.17) is 0 Å². The third-order valence-electron chi connectivity index (χ3n) is 5.03. The number of carbonyl (C=O) groups excluding carboxylic acids is 1. The lowest BCUT2D eigenvalue weighted by molar-refractivity contribution is -0.135. The molecule has 3 rings (SSSR count). The van der Waals surface area contributed by atoms with E-state index in [1.54, 1.807) is 6.07 Å². The third-order valence-corrected chi connectivity index (χ3v) is 5.03. The van der Waals surface area contributed by atoms with Crippen molar-refractivity contribution in [2.75, 3.05) is 0 Å². The SMILES string of the molecule is CC(C)N(C(=O)CCCc1nc2ccccc2c(=O)[nH]1)C1CCCC1. The molecule has 1 aromatic carbocycles. The van der Waals surface area contributed by atoms with E-state index in [2.05, 4.69) is 28.7 Å². The Hall–Kier alpha value is -2.17. The fourth-order valence-electron chi connectivity index (χ4n) is 3.89. The van der Waals surface area contributed by atoms with Gasteiger partial charge in [0, 0.05) is 24.9 Å². The van der Waals surface area contributed by atoms with Crippen LogP contribution in [0.25, 0.3) is 10.9 Å². The van der Waals surface area contributed by atoms with Crippen molar-refractivity contribution in [3.8, 4) is 0 Å². The standard InChI is InChI=1S/C20H27N3O2/c1-14(2)23(15-8-3-4-9-15)19(24)13-7-12-18-21-17-11-6-5-10-16(17)20(25)22-18/h5-6,10-11,14-15H,3-4,7-9,12-13H2,1-2H3,(H,21,22,25). The van der Waals surface area contributed by atoms with Crippen LogP contribution in [0.2, 0.25) is 0 Å². The summed E-state index contributed by atoms with van der Waals surface area (Å²) < 4.78 is 0. The number of rotatable bonds is 6. The first-order valence-corrected chi connectivity index (χ1v) is 9.35. The van der Waals surface area contributed by atoms with Crippen molar-refractivity contribution in [3.05, 3.63) is 40.4 Å². The zero-order valence-corrected chi connectivity index (χ0v) is 15.1. The Morgan fingerprint density at radius 3 is 2.72 bits per heavy atom. The molecule has 1 aliphatic rings. The van der Waals surface area contributed by atoms with Gasteiger partial charge >= 0.3 is 0 Å². The van der Waals surface area contributed by atoms with Gasteiger partial charge in [-0.15, -0.1) is 0 Å². The monoisotopic (exact) mass is 341 g/mol. The lowest BCUT2D eigenvalue weighted by Crippen LogP contribution is -2.43. The molecule has 0 spiro atoms. The van der Waals surface area contributed by atoms with Gasteiger partial charge in [0.25, 0.3) is 5.56 Å². The van der Waals surface area contributed by atoms with E-state index in [9.17, 15) is 9.59 Å². The molecule has 5 nitrogen and oxygen atoms in total. The molecule has 0 saturated heterocycles. The van der Waals surface area contributed by atoms with E-state index in [1.165, 1.54) is 12.8 Å². The first-order chi connectivity index (χ1) is 12.1. The molecule has 5 heteroatoms. The highest BCUT2D eigenvalue weighted by Crippen LogP contribution is 2.26. The number of carbonyl (C=O) groups is 1. The van der Waals surface area contributed by atoms with Gasteiger partial charge in [0.2, 0.25) is 5.91 Å². The molecule has 1 heterocycles. The van der Waals surface area contributed by atoms with Crippen molar-refractivity contribution in [1.29, 1.82) is 0 Å². The van der Waals surface area contributed by atoms with Gasteiger partial charge in [-0.25, -0.2) is 4.98 Å². The molecule has 0 radical (unpaired) electrons. The van der Waals surface area contributed by atoms with Gasteiger partial charge in [-0.1, -0.05) is 25.0 Å². The van der Waals surface area contributed by atoms with Crippen LogP contribution >= 0.6 is 0 Å². The van der Waals surface area contributed by atoms with Crippen molar-refractivity contribution < 1.29 is 4.79 Å². The van der Waals surface area contributed by atoms with Gasteiger partial charge in [-0.05, 0) is 45.2 Å². The van der Waals surface area contributed by atoms with E-state index in [1.807, 2.05) is 18.2 Å². The summed E-state index contributed by atoms with van der Waals surface area (Å²) in [7, 11) is 0. The average Bonchev–Trinajstić information content (AvgIpc) is 3.08. The topological polar surface area (TPSA) is 66.1 Å². The zero-order valence-electron chi connectivity index (χ0n) is 15.1. The summed E-state index contributed by atoms with van der Waals surface area (Å²) in [5.74, 6) is 0.887. The second-order valence-electron chi connectivity index (χ2n) is 7.22. The molecule has 1 saturated carbocycles. The molecule has 1 amide bonds. The summed E-state index contributed by atoms with van der Waals surface area (Å²) in [6, 6.07) is 7.99. The number of aromatic nitrogens is 2. The highest BCUT2D eigenvalue weighted by Gasteiger charge is 2.28. The summed E-state index contributed by atoms with van der Waals surface area (Å²) in [6.45, 7) is 4.19. The minimum Gasteiger partial charge on any atom is -0.337 e. The molecular formula is C20H27N3O2. The molecule has 25 heavy (non-hydrogen) atoms. The van der Waals surface area contributed by atoms with E-state index < -0.39 is 0 Å². The maximum Gasteiger partial charge on any atom is 0.258 e. The summed E-state index contributed by atoms with van der Waals surface area (Å²) in [6.07, 6.45) is 6.53. The Balaban J connectivity index is 1.62. The number of benzene rings is 1. The van der Waals surface area contributed by atoms with Crippen LogP contribution in [0.15, 0.2) is 29.1 Å². The van der Waals surface area contributed by atoms with Gasteiger partial charge < -0.3 is 9.88 Å². The molecule has 1 aliphatic carbocycles. The molecule has 1 fully saturated rings. The Morgan fingerprint density at radius 1 is 1.28 bits per heavy atom. The van der Waals surface area contributed by atoms with Crippen molar-refractivity contribution in [1.82, 2.24) is 14.9 Å². The van der Waals surface area contributed by atoms with E-state index in [-0.39, 0.29) is 17.5 Å². The van der Waals surface area contributed by atoms with Crippen LogP contribution < -0.4 is 5.56 Å². The second kappa shape index (κ2) is 7.81. The molecule has 1 N–H and O–H groups in total. The fourth-order valence-corrected chi connectivity index (χ4v) is 3.89. The summed E-state index contributed by atoms with van der Waals surface area (Å²) in [5.41, 5.74) is 0.601. The number of fused-ring (bicyclic) bond motifs is 1. The van der Waals surface area contributed by atoms with Crippen molar-refractivity contribution in [2.45, 2.75) is 70.9 Å². The van der Waals surface area contributed by atoms with Gasteiger partial charge in [-0.3, -0.25) is 9.59 Å². The molecule has 0 bridgehead atoms. The largest absolute Gasteiger partial charge is 0.337 e. The van der Waals surface area contributed by atoms with Crippen LogP contribution in [0, 0.1) is 0 Å². The molecule has 1 aromatic heterocycles. The van der Waals surface area contributed by atoms with Crippen LogP contribution in [0.1, 0.15) is 58.2 Å². The highest BCUT2D eigenvalue weighted by atomic mass is 16.2. The zero-order chi connectivity index (χ0) is 17.8. The molecule has 0 atom stereocenters. The molecule has 0 aliphatic heterocycles. The summed E-state index contributed by atoms with van der Waals surface area (Å²) in [4.78, 5) is 34.2. The Bertz CT molecular complexity index is 791. The number of hydrogen-bond donors (Lipinski definition) is 1. The molecule has 134 valence electrons. The number of nitrogens with one attached hydrogen (secondary N) is 1. The molecule has 0 unspecified atom stereocenters. The number of H-pyrrole nitrogens is 1. The predicted molar refractivity (Wildman–Crippen MR) is 99.5 cm³/mol. The maximum absolute atomic E-state index is 12.7. The summed E-state index contributed by atoms with van der Waals surface area (Å²) in [5, 5.41) is 0.606. The third kappa shape index (κ3) is 4.09. The van der Waals surface area contributed by atoms with Gasteiger partial charge in [0.15, 0.2) is 0 Å². The van der Waals surface area contributed by atoms with Crippen molar-refractivity contribution in [3.63, 3.8) is 0 Å². The number of amides is 1.